The summed E-state index contributed by atoms with van der Waals surface area (Å²) in [4.78, 5) is 0.416. The van der Waals surface area contributed by atoms with Crippen molar-refractivity contribution in [2.45, 2.75) is 11.1 Å². The number of rotatable bonds is 3. The summed E-state index contributed by atoms with van der Waals surface area (Å²) in [5.41, 5.74) is 5.34. The molecule has 1 aromatic rings. The molecule has 0 aliphatic carbocycles. The quantitative estimate of drug-likeness (QED) is 0.902. The Morgan fingerprint density at radius 3 is 2.41 bits per heavy atom. The molecule has 0 saturated heterocycles. The van der Waals surface area contributed by atoms with Crippen LogP contribution in [0.5, 0.6) is 0 Å². The number of halogens is 3. The van der Waals surface area contributed by atoms with Crippen LogP contribution in [0.1, 0.15) is 0 Å². The van der Waals surface area contributed by atoms with Crippen LogP contribution in [0.15, 0.2) is 4.90 Å². The largest absolute Gasteiger partial charge is 0.405 e. The highest BCUT2D eigenvalue weighted by Crippen LogP contribution is 2.35. The molecule has 0 bridgehead atoms. The minimum atomic E-state index is -4.43. The normalized spacial score (nSPS) is 12.8. The number of nitrogen functional groups attached to an aromatic ring is 1. The van der Waals surface area contributed by atoms with Gasteiger partial charge in [-0.3, -0.25) is 0 Å². The van der Waals surface area contributed by atoms with Crippen molar-refractivity contribution in [3.63, 3.8) is 0 Å². The lowest BCUT2D eigenvalue weighted by Crippen LogP contribution is -2.31. The molecule has 1 heterocycles. The van der Waals surface area contributed by atoms with Crippen LogP contribution in [0, 0.1) is 0 Å². The Balaban J connectivity index is 3.16. The Morgan fingerprint density at radius 2 is 2.00 bits per heavy atom. The smallest absolute Gasteiger partial charge is 0.382 e. The summed E-state index contributed by atoms with van der Waals surface area (Å²) < 4.78 is 62.9. The second-order valence-corrected chi connectivity index (χ2v) is 6.15. The fraction of sp³-hybridized carbons (Fsp3) is 0.571. The average molecular weight is 289 g/mol. The van der Waals surface area contributed by atoms with Gasteiger partial charge in [0, 0.05) is 13.3 Å². The summed E-state index contributed by atoms with van der Waals surface area (Å²) in [6.45, 7) is -1.27. The first-order valence-electron chi connectivity index (χ1n) is 4.25. The van der Waals surface area contributed by atoms with Gasteiger partial charge < -0.3 is 10.6 Å². The Morgan fingerprint density at radius 1 is 1.47 bits per heavy atom. The van der Waals surface area contributed by atoms with E-state index in [9.17, 15) is 21.6 Å². The molecule has 1 aromatic heterocycles. The maximum Gasteiger partial charge on any atom is 0.405 e. The second-order valence-electron chi connectivity index (χ2n) is 3.45. The highest BCUT2D eigenvalue weighted by molar-refractivity contribution is 7.91. The zero-order chi connectivity index (χ0) is 13.4. The molecule has 0 aliphatic rings. The van der Waals surface area contributed by atoms with Gasteiger partial charge in [-0.05, 0) is 11.5 Å². The first-order valence-corrected chi connectivity index (χ1v) is 6.92. The summed E-state index contributed by atoms with van der Waals surface area (Å²) in [5.74, 6) is -0.276. The van der Waals surface area contributed by atoms with Gasteiger partial charge in [0.1, 0.15) is 16.4 Å². The first-order chi connectivity index (χ1) is 7.52. The first kappa shape index (κ1) is 14.0. The molecule has 0 spiro atoms. The van der Waals surface area contributed by atoms with Gasteiger partial charge in [-0.15, -0.1) is 0 Å². The van der Waals surface area contributed by atoms with E-state index in [0.717, 1.165) is 18.2 Å². The maximum atomic E-state index is 12.2. The van der Waals surface area contributed by atoms with E-state index >= 15 is 0 Å². The zero-order valence-electron chi connectivity index (χ0n) is 8.95. The molecule has 0 radical (unpaired) electrons. The van der Waals surface area contributed by atoms with Crippen molar-refractivity contribution < 1.29 is 21.6 Å². The molecule has 0 aliphatic heterocycles. The van der Waals surface area contributed by atoms with E-state index in [1.807, 2.05) is 0 Å². The van der Waals surface area contributed by atoms with Gasteiger partial charge in [-0.1, -0.05) is 0 Å². The van der Waals surface area contributed by atoms with Gasteiger partial charge in [0.2, 0.25) is 0 Å². The van der Waals surface area contributed by atoms with Gasteiger partial charge in [0.15, 0.2) is 15.7 Å². The van der Waals surface area contributed by atoms with Crippen LogP contribution in [0.25, 0.3) is 0 Å². The molecular weight excluding hydrogens is 279 g/mol. The standard InChI is InChI=1S/C7H10F3N3O2S2/c1-13(3-7(8,9)10)6-4(17(2,14)15)5(11)12-16-6/h3H2,1-2H3,(H2,11,12). The monoisotopic (exact) mass is 289 g/mol. The molecule has 0 aromatic carbocycles. The summed E-state index contributed by atoms with van der Waals surface area (Å²) in [7, 11) is -2.57. The van der Waals surface area contributed by atoms with Crippen molar-refractivity contribution >= 4 is 32.2 Å². The molecule has 0 amide bonds. The number of nitrogens with two attached hydrogens (primary N) is 1. The van der Waals surface area contributed by atoms with Crippen molar-refractivity contribution in [2.24, 2.45) is 0 Å². The third-order valence-electron chi connectivity index (χ3n) is 1.79. The number of hydrogen-bond acceptors (Lipinski definition) is 6. The number of hydrogen-bond donors (Lipinski definition) is 1. The molecule has 0 saturated carbocycles. The molecule has 98 valence electrons. The van der Waals surface area contributed by atoms with Gasteiger partial charge in [-0.2, -0.15) is 17.5 Å². The number of anilines is 2. The second kappa shape index (κ2) is 4.33. The summed E-state index contributed by atoms with van der Waals surface area (Å²) in [6, 6.07) is 0. The van der Waals surface area contributed by atoms with Crippen molar-refractivity contribution in [1.29, 1.82) is 0 Å². The number of sulfone groups is 1. The summed E-state index contributed by atoms with van der Waals surface area (Å²) in [5, 5.41) is -0.109. The van der Waals surface area contributed by atoms with E-state index in [2.05, 4.69) is 4.37 Å². The van der Waals surface area contributed by atoms with E-state index in [-0.39, 0.29) is 15.7 Å². The van der Waals surface area contributed by atoms with E-state index < -0.39 is 22.6 Å². The van der Waals surface area contributed by atoms with Crippen molar-refractivity contribution in [1.82, 2.24) is 4.37 Å². The van der Waals surface area contributed by atoms with Crippen LogP contribution in [0.2, 0.25) is 0 Å². The molecule has 0 atom stereocenters. The fourth-order valence-electron chi connectivity index (χ4n) is 1.22. The lowest BCUT2D eigenvalue weighted by molar-refractivity contribution is -0.119. The zero-order valence-corrected chi connectivity index (χ0v) is 10.6. The van der Waals surface area contributed by atoms with Crippen LogP contribution < -0.4 is 10.6 Å². The van der Waals surface area contributed by atoms with Gasteiger partial charge >= 0.3 is 6.18 Å². The Kier molecular flexibility index (Phi) is 3.58. The number of alkyl halides is 3. The molecule has 1 rings (SSSR count). The van der Waals surface area contributed by atoms with Gasteiger partial charge in [0.05, 0.1) is 0 Å². The summed E-state index contributed by atoms with van der Waals surface area (Å²) >= 11 is 0.624. The third-order valence-corrected chi connectivity index (χ3v) is 4.04. The van der Waals surface area contributed by atoms with Crippen LogP contribution in [-0.2, 0) is 9.84 Å². The predicted molar refractivity (Wildman–Crippen MR) is 59.0 cm³/mol. The van der Waals surface area contributed by atoms with Crippen molar-refractivity contribution in [3.05, 3.63) is 0 Å². The van der Waals surface area contributed by atoms with Crippen molar-refractivity contribution in [2.75, 3.05) is 30.5 Å². The lowest BCUT2D eigenvalue weighted by Gasteiger charge is -2.19. The number of aromatic nitrogens is 1. The molecular formula is C7H10F3N3O2S2. The van der Waals surface area contributed by atoms with E-state index in [4.69, 9.17) is 5.73 Å². The van der Waals surface area contributed by atoms with Crippen LogP contribution in [0.3, 0.4) is 0 Å². The highest BCUT2D eigenvalue weighted by atomic mass is 32.2. The van der Waals surface area contributed by atoms with Crippen LogP contribution >= 0.6 is 11.5 Å². The van der Waals surface area contributed by atoms with Crippen LogP contribution in [-0.4, -0.2) is 38.8 Å². The molecule has 17 heavy (non-hydrogen) atoms. The Bertz CT molecular complexity index is 509. The molecule has 0 unspecified atom stereocenters. The van der Waals surface area contributed by atoms with Crippen molar-refractivity contribution in [3.8, 4) is 0 Å². The maximum absolute atomic E-state index is 12.2. The lowest BCUT2D eigenvalue weighted by atomic mass is 10.5. The van der Waals surface area contributed by atoms with Gasteiger partial charge in [0.25, 0.3) is 0 Å². The van der Waals surface area contributed by atoms with E-state index in [1.165, 1.54) is 0 Å². The Labute approximate surface area is 100 Å². The number of nitrogens with zero attached hydrogens (tertiary/aromatic N) is 2. The Hall–Kier alpha value is -1.03. The minimum absolute atomic E-state index is 0.109. The van der Waals surface area contributed by atoms with Crippen LogP contribution in [0.4, 0.5) is 24.0 Å². The van der Waals surface area contributed by atoms with E-state index in [1.54, 1.807) is 0 Å². The highest BCUT2D eigenvalue weighted by Gasteiger charge is 2.32. The SMILES string of the molecule is CN(CC(F)(F)F)c1snc(N)c1S(C)(=O)=O. The molecule has 10 heteroatoms. The molecule has 5 nitrogen and oxygen atoms in total. The average Bonchev–Trinajstić information content (AvgIpc) is 2.42. The van der Waals surface area contributed by atoms with E-state index in [0.29, 0.717) is 11.5 Å². The fourth-order valence-corrected chi connectivity index (χ4v) is 3.41. The topological polar surface area (TPSA) is 76.3 Å². The molecule has 0 fully saturated rings. The predicted octanol–water partition coefficient (Wildman–Crippen LogP) is 1.13. The summed E-state index contributed by atoms with van der Waals surface area (Å²) in [6.07, 6.45) is -3.56. The minimum Gasteiger partial charge on any atom is -0.382 e. The third kappa shape index (κ3) is 3.46. The van der Waals surface area contributed by atoms with Gasteiger partial charge in [-0.25, -0.2) is 8.42 Å². The molecule has 2 N–H and O–H groups in total.